The molecule has 0 atom stereocenters. The molecule has 0 N–H and O–H groups in total. The molecule has 178 valence electrons. The predicted molar refractivity (Wildman–Crippen MR) is 120 cm³/mol. The molecule has 3 aromatic carbocycles. The predicted octanol–water partition coefficient (Wildman–Crippen LogP) is 8.50. The molecule has 1 nitrogen and oxygen atoms in total. The summed E-state index contributed by atoms with van der Waals surface area (Å²) in [7, 11) is 0. The highest BCUT2D eigenvalue weighted by Gasteiger charge is 2.32. The summed E-state index contributed by atoms with van der Waals surface area (Å²) in [6.07, 6.45) is 0.595. The fourth-order valence-corrected chi connectivity index (χ4v) is 4.18. The van der Waals surface area contributed by atoms with Gasteiger partial charge in [0.05, 0.1) is 0 Å². The second-order valence-corrected chi connectivity index (χ2v) is 8.31. The Kier molecular flexibility index (Phi) is 6.73. The molecule has 7 heteroatoms. The van der Waals surface area contributed by atoms with Crippen LogP contribution in [0, 0.1) is 17.5 Å². The lowest BCUT2D eigenvalue weighted by Crippen LogP contribution is -2.17. The van der Waals surface area contributed by atoms with E-state index in [0.717, 1.165) is 48.1 Å². The van der Waals surface area contributed by atoms with E-state index in [1.165, 1.54) is 12.1 Å². The summed E-state index contributed by atoms with van der Waals surface area (Å²) in [5.74, 6) is -3.19. The molecular weight excluding hydrogens is 454 g/mol. The van der Waals surface area contributed by atoms with E-state index < -0.39 is 23.7 Å². The molecule has 0 aliphatic heterocycles. The van der Waals surface area contributed by atoms with E-state index in [9.17, 15) is 26.3 Å². The molecule has 1 aliphatic carbocycles. The van der Waals surface area contributed by atoms with Crippen LogP contribution < -0.4 is 4.74 Å². The normalized spacial score (nSPS) is 13.4. The van der Waals surface area contributed by atoms with Gasteiger partial charge in [-0.05, 0) is 83.8 Å². The van der Waals surface area contributed by atoms with Crippen LogP contribution in [0.3, 0.4) is 0 Å². The number of ether oxygens (including phenoxy) is 1. The van der Waals surface area contributed by atoms with E-state index in [1.54, 1.807) is 24.3 Å². The third-order valence-corrected chi connectivity index (χ3v) is 5.89. The van der Waals surface area contributed by atoms with Gasteiger partial charge in [0, 0.05) is 11.1 Å². The van der Waals surface area contributed by atoms with Gasteiger partial charge in [0.2, 0.25) is 0 Å². The minimum Gasteiger partial charge on any atom is -0.403 e. The maximum atomic E-state index is 14.9. The van der Waals surface area contributed by atoms with Crippen LogP contribution in [0.2, 0.25) is 0 Å². The SMILES string of the molecule is CCCCc1ccc(C2=Cc3cc(F)c(-c4ccc(OC(F)(F)F)c(F)c4)cc3CC2)c(F)c1. The van der Waals surface area contributed by atoms with Gasteiger partial charge >= 0.3 is 6.36 Å². The molecular formula is C27H22F6O. The van der Waals surface area contributed by atoms with Crippen LogP contribution in [0.15, 0.2) is 48.5 Å². The first kappa shape index (κ1) is 23.9. The molecule has 0 amide bonds. The van der Waals surface area contributed by atoms with Gasteiger partial charge in [0.15, 0.2) is 11.6 Å². The molecule has 34 heavy (non-hydrogen) atoms. The van der Waals surface area contributed by atoms with Gasteiger partial charge in [0.1, 0.15) is 11.6 Å². The van der Waals surface area contributed by atoms with Crippen molar-refractivity contribution >= 4 is 11.6 Å². The Morgan fingerprint density at radius 1 is 0.824 bits per heavy atom. The van der Waals surface area contributed by atoms with Crippen LogP contribution in [0.1, 0.15) is 48.4 Å². The van der Waals surface area contributed by atoms with E-state index in [0.29, 0.717) is 24.0 Å². The Bertz CT molecular complexity index is 1240. The molecule has 0 heterocycles. The van der Waals surface area contributed by atoms with Crippen molar-refractivity contribution in [2.45, 2.75) is 45.4 Å². The number of fused-ring (bicyclic) bond motifs is 1. The van der Waals surface area contributed by atoms with Gasteiger partial charge in [-0.15, -0.1) is 13.2 Å². The molecule has 3 aromatic rings. The molecule has 0 radical (unpaired) electrons. The largest absolute Gasteiger partial charge is 0.573 e. The Balaban J connectivity index is 1.62. The maximum absolute atomic E-state index is 14.9. The van der Waals surface area contributed by atoms with Crippen molar-refractivity contribution in [2.24, 2.45) is 0 Å². The number of alkyl halides is 3. The summed E-state index contributed by atoms with van der Waals surface area (Å²) in [4.78, 5) is 0. The third kappa shape index (κ3) is 5.29. The van der Waals surface area contributed by atoms with E-state index in [1.807, 2.05) is 6.07 Å². The van der Waals surface area contributed by atoms with Gasteiger partial charge in [-0.1, -0.05) is 37.6 Å². The highest BCUT2D eigenvalue weighted by molar-refractivity contribution is 5.85. The smallest absolute Gasteiger partial charge is 0.403 e. The number of allylic oxidation sites excluding steroid dienone is 1. The number of hydrogen-bond acceptors (Lipinski definition) is 1. The van der Waals surface area contributed by atoms with Crippen molar-refractivity contribution in [3.63, 3.8) is 0 Å². The minimum atomic E-state index is -5.03. The average molecular weight is 476 g/mol. The van der Waals surface area contributed by atoms with Crippen LogP contribution in [0.25, 0.3) is 22.8 Å². The third-order valence-electron chi connectivity index (χ3n) is 5.89. The van der Waals surface area contributed by atoms with Gasteiger partial charge in [0.25, 0.3) is 0 Å². The highest BCUT2D eigenvalue weighted by atomic mass is 19.4. The standard InChI is InChI=1S/C27H22F6O/c1-2-3-4-16-5-9-21(23(28)11-16)18-7-6-17-13-22(24(29)15-20(17)12-18)19-8-10-26(25(30)14-19)34-27(31,32)33/h5,8-15H,2-4,6-7H2,1H3. The van der Waals surface area contributed by atoms with Crippen LogP contribution in [0.5, 0.6) is 5.75 Å². The van der Waals surface area contributed by atoms with E-state index in [4.69, 9.17) is 0 Å². The lowest BCUT2D eigenvalue weighted by atomic mass is 9.86. The van der Waals surface area contributed by atoms with Crippen molar-refractivity contribution in [3.8, 4) is 16.9 Å². The maximum Gasteiger partial charge on any atom is 0.573 e. The number of rotatable bonds is 6. The molecule has 0 saturated heterocycles. The molecule has 0 spiro atoms. The molecule has 1 aliphatic rings. The van der Waals surface area contributed by atoms with Crippen molar-refractivity contribution in [1.82, 2.24) is 0 Å². The topological polar surface area (TPSA) is 9.23 Å². The fourth-order valence-electron chi connectivity index (χ4n) is 4.18. The van der Waals surface area contributed by atoms with Crippen molar-refractivity contribution in [2.75, 3.05) is 0 Å². The monoisotopic (exact) mass is 476 g/mol. The summed E-state index contributed by atoms with van der Waals surface area (Å²) in [6, 6.07) is 10.9. The second-order valence-electron chi connectivity index (χ2n) is 8.31. The molecule has 0 saturated carbocycles. The lowest BCUT2D eigenvalue weighted by Gasteiger charge is -2.19. The van der Waals surface area contributed by atoms with Gasteiger partial charge in [-0.3, -0.25) is 0 Å². The zero-order chi connectivity index (χ0) is 24.5. The number of hydrogen-bond donors (Lipinski definition) is 0. The van der Waals surface area contributed by atoms with Crippen molar-refractivity contribution in [1.29, 1.82) is 0 Å². The number of halogens is 6. The van der Waals surface area contributed by atoms with Crippen LogP contribution in [-0.2, 0) is 12.8 Å². The Labute approximate surface area is 193 Å². The first-order valence-electron chi connectivity index (χ1n) is 11.0. The minimum absolute atomic E-state index is 0.0690. The number of aryl methyl sites for hydroxylation is 2. The number of unbranched alkanes of at least 4 members (excludes halogenated alkanes) is 1. The van der Waals surface area contributed by atoms with Crippen molar-refractivity contribution in [3.05, 3.63) is 88.2 Å². The summed E-state index contributed by atoms with van der Waals surface area (Å²) < 4.78 is 84.5. The Hall–Kier alpha value is -3.22. The van der Waals surface area contributed by atoms with E-state index in [2.05, 4.69) is 11.7 Å². The lowest BCUT2D eigenvalue weighted by molar-refractivity contribution is -0.275. The zero-order valence-corrected chi connectivity index (χ0v) is 18.4. The van der Waals surface area contributed by atoms with Gasteiger partial charge < -0.3 is 4.74 Å². The van der Waals surface area contributed by atoms with Crippen molar-refractivity contribution < 1.29 is 31.1 Å². The molecule has 4 rings (SSSR count). The molecule has 0 bridgehead atoms. The van der Waals surface area contributed by atoms with Crippen LogP contribution in [0.4, 0.5) is 26.3 Å². The summed E-state index contributed by atoms with van der Waals surface area (Å²) in [5.41, 5.74) is 3.73. The molecule has 0 aromatic heterocycles. The first-order chi connectivity index (χ1) is 16.1. The van der Waals surface area contributed by atoms with E-state index in [-0.39, 0.29) is 16.9 Å². The zero-order valence-electron chi connectivity index (χ0n) is 18.4. The quantitative estimate of drug-likeness (QED) is 0.324. The average Bonchev–Trinajstić information content (AvgIpc) is 2.77. The van der Waals surface area contributed by atoms with Crippen LogP contribution in [-0.4, -0.2) is 6.36 Å². The highest BCUT2D eigenvalue weighted by Crippen LogP contribution is 2.37. The summed E-state index contributed by atoms with van der Waals surface area (Å²) in [5, 5.41) is 0. The first-order valence-corrected chi connectivity index (χ1v) is 11.0. The molecule has 0 fully saturated rings. The summed E-state index contributed by atoms with van der Waals surface area (Å²) >= 11 is 0. The van der Waals surface area contributed by atoms with Gasteiger partial charge in [-0.2, -0.15) is 0 Å². The number of benzene rings is 3. The van der Waals surface area contributed by atoms with Gasteiger partial charge in [-0.25, -0.2) is 13.2 Å². The molecule has 0 unspecified atom stereocenters. The Morgan fingerprint density at radius 3 is 2.26 bits per heavy atom. The second kappa shape index (κ2) is 9.57. The Morgan fingerprint density at radius 2 is 1.59 bits per heavy atom. The summed E-state index contributed by atoms with van der Waals surface area (Å²) in [6.45, 7) is 2.08. The fraction of sp³-hybridized carbons (Fsp3) is 0.259. The van der Waals surface area contributed by atoms with E-state index >= 15 is 0 Å². The van der Waals surface area contributed by atoms with Crippen LogP contribution >= 0.6 is 0 Å².